The molecule has 2 aromatic carbocycles. The normalized spacial score (nSPS) is 12.4. The summed E-state index contributed by atoms with van der Waals surface area (Å²) in [5.74, 6) is 0.532. The van der Waals surface area contributed by atoms with Gasteiger partial charge in [-0.25, -0.2) is 0 Å². The van der Waals surface area contributed by atoms with E-state index in [9.17, 15) is 0 Å². The Balaban J connectivity index is 2.28. The van der Waals surface area contributed by atoms with Gasteiger partial charge in [0, 0.05) is 12.5 Å². The first-order valence-electron chi connectivity index (χ1n) is 7.94. The van der Waals surface area contributed by atoms with Gasteiger partial charge in [-0.1, -0.05) is 55.0 Å². The SMILES string of the molecule is CCNCC(Cc1c(C)cccc1C)c1cccc(C)c1. The molecule has 0 radical (unpaired) electrons. The van der Waals surface area contributed by atoms with Crippen LogP contribution in [0.4, 0.5) is 0 Å². The number of rotatable bonds is 6. The van der Waals surface area contributed by atoms with E-state index >= 15 is 0 Å². The van der Waals surface area contributed by atoms with Crippen molar-refractivity contribution in [3.8, 4) is 0 Å². The zero-order chi connectivity index (χ0) is 15.2. The molecule has 0 spiro atoms. The molecule has 0 aliphatic heterocycles. The van der Waals surface area contributed by atoms with Crippen LogP contribution in [-0.4, -0.2) is 13.1 Å². The zero-order valence-electron chi connectivity index (χ0n) is 13.7. The highest BCUT2D eigenvalue weighted by Gasteiger charge is 2.14. The van der Waals surface area contributed by atoms with Crippen molar-refractivity contribution in [3.63, 3.8) is 0 Å². The van der Waals surface area contributed by atoms with E-state index in [1.807, 2.05) is 0 Å². The Morgan fingerprint density at radius 2 is 1.62 bits per heavy atom. The highest BCUT2D eigenvalue weighted by atomic mass is 14.8. The van der Waals surface area contributed by atoms with Crippen LogP contribution in [-0.2, 0) is 6.42 Å². The van der Waals surface area contributed by atoms with Gasteiger partial charge in [-0.2, -0.15) is 0 Å². The second-order valence-electron chi connectivity index (χ2n) is 5.99. The number of aryl methyl sites for hydroxylation is 3. The molecule has 1 atom stereocenters. The van der Waals surface area contributed by atoms with Gasteiger partial charge in [0.05, 0.1) is 0 Å². The average molecular weight is 281 g/mol. The van der Waals surface area contributed by atoms with Gasteiger partial charge < -0.3 is 5.32 Å². The molecule has 21 heavy (non-hydrogen) atoms. The lowest BCUT2D eigenvalue weighted by molar-refractivity contribution is 0.592. The Labute approximate surface area is 129 Å². The molecule has 0 aliphatic rings. The second-order valence-corrected chi connectivity index (χ2v) is 5.99. The zero-order valence-corrected chi connectivity index (χ0v) is 13.7. The highest BCUT2D eigenvalue weighted by Crippen LogP contribution is 2.25. The van der Waals surface area contributed by atoms with Crippen LogP contribution in [0.25, 0.3) is 0 Å². The third-order valence-corrected chi connectivity index (χ3v) is 4.25. The minimum Gasteiger partial charge on any atom is -0.316 e. The molecule has 1 nitrogen and oxygen atoms in total. The Hall–Kier alpha value is -1.60. The van der Waals surface area contributed by atoms with Gasteiger partial charge in [-0.3, -0.25) is 0 Å². The van der Waals surface area contributed by atoms with Gasteiger partial charge in [-0.05, 0) is 56.0 Å². The van der Waals surface area contributed by atoms with E-state index in [4.69, 9.17) is 0 Å². The third kappa shape index (κ3) is 4.18. The van der Waals surface area contributed by atoms with Crippen molar-refractivity contribution in [2.45, 2.75) is 40.0 Å². The molecular formula is C20H27N. The molecule has 1 unspecified atom stereocenters. The topological polar surface area (TPSA) is 12.0 Å². The third-order valence-electron chi connectivity index (χ3n) is 4.25. The average Bonchev–Trinajstić information content (AvgIpc) is 2.46. The summed E-state index contributed by atoms with van der Waals surface area (Å²) in [6.07, 6.45) is 1.11. The molecule has 2 rings (SSSR count). The number of hydrogen-bond donors (Lipinski definition) is 1. The summed E-state index contributed by atoms with van der Waals surface area (Å²) in [4.78, 5) is 0. The predicted molar refractivity (Wildman–Crippen MR) is 92.1 cm³/mol. The number of benzene rings is 2. The number of likely N-dealkylation sites (N-methyl/N-ethyl adjacent to an activating group) is 1. The smallest absolute Gasteiger partial charge is 0.00232 e. The number of nitrogens with one attached hydrogen (secondary N) is 1. The van der Waals surface area contributed by atoms with Crippen LogP contribution in [0.2, 0.25) is 0 Å². The summed E-state index contributed by atoms with van der Waals surface area (Å²) in [6.45, 7) is 10.9. The number of hydrogen-bond acceptors (Lipinski definition) is 1. The fourth-order valence-corrected chi connectivity index (χ4v) is 2.97. The lowest BCUT2D eigenvalue weighted by Gasteiger charge is -2.21. The van der Waals surface area contributed by atoms with Gasteiger partial charge in [-0.15, -0.1) is 0 Å². The van der Waals surface area contributed by atoms with Crippen LogP contribution in [0.1, 0.15) is 40.7 Å². The lowest BCUT2D eigenvalue weighted by atomic mass is 9.87. The summed E-state index contributed by atoms with van der Waals surface area (Å²) < 4.78 is 0. The van der Waals surface area contributed by atoms with E-state index < -0.39 is 0 Å². The first kappa shape index (κ1) is 15.8. The fourth-order valence-electron chi connectivity index (χ4n) is 2.97. The Morgan fingerprint density at radius 3 is 2.24 bits per heavy atom. The van der Waals surface area contributed by atoms with Crippen molar-refractivity contribution in [1.82, 2.24) is 5.32 Å². The highest BCUT2D eigenvalue weighted by molar-refractivity contribution is 5.36. The van der Waals surface area contributed by atoms with Crippen molar-refractivity contribution in [3.05, 3.63) is 70.3 Å². The molecule has 0 saturated heterocycles. The predicted octanol–water partition coefficient (Wildman–Crippen LogP) is 4.55. The van der Waals surface area contributed by atoms with Crippen molar-refractivity contribution in [2.24, 2.45) is 0 Å². The first-order chi connectivity index (χ1) is 10.1. The molecule has 0 heterocycles. The Kier molecular flexibility index (Phi) is 5.58. The minimum absolute atomic E-state index is 0.532. The molecule has 1 heteroatoms. The van der Waals surface area contributed by atoms with Gasteiger partial charge >= 0.3 is 0 Å². The quantitative estimate of drug-likeness (QED) is 0.819. The largest absolute Gasteiger partial charge is 0.316 e. The van der Waals surface area contributed by atoms with Crippen LogP contribution in [0, 0.1) is 20.8 Å². The van der Waals surface area contributed by atoms with Crippen molar-refractivity contribution < 1.29 is 0 Å². The van der Waals surface area contributed by atoms with E-state index in [0.717, 1.165) is 19.5 Å². The van der Waals surface area contributed by atoms with Crippen LogP contribution < -0.4 is 5.32 Å². The van der Waals surface area contributed by atoms with Crippen LogP contribution in [0.3, 0.4) is 0 Å². The summed E-state index contributed by atoms with van der Waals surface area (Å²) in [5, 5.41) is 3.53. The second kappa shape index (κ2) is 7.42. The van der Waals surface area contributed by atoms with Gasteiger partial charge in [0.25, 0.3) is 0 Å². The molecule has 0 amide bonds. The lowest BCUT2D eigenvalue weighted by Crippen LogP contribution is -2.23. The molecule has 112 valence electrons. The standard InChI is InChI=1S/C20H27N/c1-5-21-14-19(18-11-6-8-15(2)12-18)13-20-16(3)9-7-10-17(20)4/h6-12,19,21H,5,13-14H2,1-4H3. The van der Waals surface area contributed by atoms with Gasteiger partial charge in [0.15, 0.2) is 0 Å². The summed E-state index contributed by atoms with van der Waals surface area (Å²) >= 11 is 0. The molecule has 0 saturated carbocycles. The Bertz CT molecular complexity index is 566. The molecule has 2 aromatic rings. The molecule has 0 aliphatic carbocycles. The van der Waals surface area contributed by atoms with Crippen molar-refractivity contribution in [1.29, 1.82) is 0 Å². The first-order valence-corrected chi connectivity index (χ1v) is 7.94. The summed E-state index contributed by atoms with van der Waals surface area (Å²) in [6, 6.07) is 15.5. The van der Waals surface area contributed by atoms with E-state index in [2.05, 4.69) is 75.5 Å². The van der Waals surface area contributed by atoms with E-state index in [1.54, 1.807) is 0 Å². The molecule has 1 N–H and O–H groups in total. The maximum atomic E-state index is 3.53. The van der Waals surface area contributed by atoms with Crippen LogP contribution in [0.5, 0.6) is 0 Å². The van der Waals surface area contributed by atoms with Crippen LogP contribution >= 0.6 is 0 Å². The summed E-state index contributed by atoms with van der Waals surface area (Å²) in [5.41, 5.74) is 7.10. The van der Waals surface area contributed by atoms with Gasteiger partial charge in [0.1, 0.15) is 0 Å². The van der Waals surface area contributed by atoms with Gasteiger partial charge in [0.2, 0.25) is 0 Å². The fraction of sp³-hybridized carbons (Fsp3) is 0.400. The maximum absolute atomic E-state index is 3.53. The molecule has 0 aromatic heterocycles. The van der Waals surface area contributed by atoms with E-state index in [0.29, 0.717) is 5.92 Å². The van der Waals surface area contributed by atoms with Crippen molar-refractivity contribution in [2.75, 3.05) is 13.1 Å². The maximum Gasteiger partial charge on any atom is 0.00232 e. The van der Waals surface area contributed by atoms with Crippen molar-refractivity contribution >= 4 is 0 Å². The van der Waals surface area contributed by atoms with E-state index in [-0.39, 0.29) is 0 Å². The monoisotopic (exact) mass is 281 g/mol. The summed E-state index contributed by atoms with van der Waals surface area (Å²) in [7, 11) is 0. The minimum atomic E-state index is 0.532. The molecular weight excluding hydrogens is 254 g/mol. The molecule has 0 bridgehead atoms. The van der Waals surface area contributed by atoms with E-state index in [1.165, 1.54) is 27.8 Å². The van der Waals surface area contributed by atoms with Crippen LogP contribution in [0.15, 0.2) is 42.5 Å². The molecule has 0 fully saturated rings. The Morgan fingerprint density at radius 1 is 0.952 bits per heavy atom.